The van der Waals surface area contributed by atoms with Gasteiger partial charge in [-0.25, -0.2) is 4.79 Å². The van der Waals surface area contributed by atoms with E-state index in [1.54, 1.807) is 46.0 Å². The summed E-state index contributed by atoms with van der Waals surface area (Å²) in [6.07, 6.45) is 3.22. The van der Waals surface area contributed by atoms with Crippen molar-refractivity contribution in [3.05, 3.63) is 94.5 Å². The van der Waals surface area contributed by atoms with E-state index in [1.165, 1.54) is 0 Å². The lowest BCUT2D eigenvalue weighted by Crippen LogP contribution is -2.60. The number of anilines is 2. The molecule has 1 unspecified atom stereocenters. The van der Waals surface area contributed by atoms with Gasteiger partial charge in [-0.05, 0) is 86.7 Å². The Morgan fingerprint density at radius 2 is 1.83 bits per heavy atom. The largest absolute Gasteiger partial charge is 0.444 e. The summed E-state index contributed by atoms with van der Waals surface area (Å²) in [7, 11) is 1.95. The van der Waals surface area contributed by atoms with Gasteiger partial charge in [0.25, 0.3) is 0 Å². The van der Waals surface area contributed by atoms with Gasteiger partial charge < -0.3 is 35.1 Å². The van der Waals surface area contributed by atoms with Gasteiger partial charge in [-0.2, -0.15) is 11.3 Å². The monoisotopic (exact) mass is 724 g/mol. The predicted molar refractivity (Wildman–Crippen MR) is 205 cm³/mol. The van der Waals surface area contributed by atoms with Crippen molar-refractivity contribution in [2.45, 2.75) is 90.1 Å². The minimum Gasteiger partial charge on any atom is -0.444 e. The molecule has 2 aliphatic rings. The van der Waals surface area contributed by atoms with Crippen LogP contribution < -0.4 is 25.8 Å². The fraction of sp³-hybridized carbons (Fsp3) is 0.400. The maximum atomic E-state index is 14.5. The lowest BCUT2D eigenvalue weighted by Gasteiger charge is -2.41. The zero-order chi connectivity index (χ0) is 37.4. The Kier molecular flexibility index (Phi) is 10.2. The molecule has 4 amide bonds. The number of carbonyl (C=O) groups is 4. The maximum absolute atomic E-state index is 14.5. The van der Waals surface area contributed by atoms with Crippen LogP contribution in [0.5, 0.6) is 0 Å². The second kappa shape index (κ2) is 14.5. The first-order valence-corrected chi connectivity index (χ1v) is 18.6. The second-order valence-electron chi connectivity index (χ2n) is 15.2. The van der Waals surface area contributed by atoms with E-state index in [1.807, 2.05) is 70.6 Å². The van der Waals surface area contributed by atoms with Gasteiger partial charge in [0.05, 0.1) is 17.4 Å². The molecule has 0 spiro atoms. The molecule has 2 atom stereocenters. The van der Waals surface area contributed by atoms with Crippen LogP contribution in [-0.4, -0.2) is 58.2 Å². The Bertz CT molecular complexity index is 2010. The van der Waals surface area contributed by atoms with Crippen molar-refractivity contribution in [3.8, 4) is 0 Å². The Morgan fingerprint density at radius 1 is 1.06 bits per heavy atom. The topological polar surface area (TPSA) is 125 Å². The number of amides is 4. The molecular weight excluding hydrogens is 677 g/mol. The first kappa shape index (κ1) is 36.7. The molecule has 4 heterocycles. The van der Waals surface area contributed by atoms with Crippen molar-refractivity contribution in [2.75, 3.05) is 16.3 Å². The summed E-state index contributed by atoms with van der Waals surface area (Å²) >= 11 is 1.61. The minimum absolute atomic E-state index is 0.0982. The average Bonchev–Trinajstić information content (AvgIpc) is 3.82. The number of aromatic nitrogens is 1. The van der Waals surface area contributed by atoms with Gasteiger partial charge in [0.2, 0.25) is 17.7 Å². The van der Waals surface area contributed by atoms with Crippen molar-refractivity contribution in [1.29, 1.82) is 0 Å². The van der Waals surface area contributed by atoms with E-state index in [0.717, 1.165) is 45.4 Å². The number of alkyl carbamates (subject to hydrolysis) is 1. The van der Waals surface area contributed by atoms with Gasteiger partial charge in [0.1, 0.15) is 17.2 Å². The van der Waals surface area contributed by atoms with Crippen LogP contribution in [0, 0.1) is 0 Å². The first-order chi connectivity index (χ1) is 24.6. The normalized spacial score (nSPS) is 16.8. The molecule has 12 heteroatoms. The minimum atomic E-state index is -1.40. The van der Waals surface area contributed by atoms with Crippen molar-refractivity contribution in [1.82, 2.24) is 20.5 Å². The number of aryl methyl sites for hydroxylation is 1. The van der Waals surface area contributed by atoms with E-state index in [2.05, 4.69) is 38.9 Å². The molecule has 2 aliphatic heterocycles. The molecule has 4 aromatic rings. The van der Waals surface area contributed by atoms with Crippen molar-refractivity contribution >= 4 is 57.4 Å². The molecule has 0 bridgehead atoms. The summed E-state index contributed by atoms with van der Waals surface area (Å²) in [4.78, 5) is 57.9. The highest BCUT2D eigenvalue weighted by molar-refractivity contribution is 7.07. The lowest BCUT2D eigenvalue weighted by molar-refractivity contribution is -0.132. The van der Waals surface area contributed by atoms with Crippen LogP contribution in [0.1, 0.15) is 64.2 Å². The molecule has 274 valence electrons. The molecule has 0 saturated carbocycles. The van der Waals surface area contributed by atoms with E-state index in [9.17, 15) is 19.2 Å². The Balaban J connectivity index is 1.30. The van der Waals surface area contributed by atoms with Crippen molar-refractivity contribution in [2.24, 2.45) is 7.05 Å². The molecule has 6 rings (SSSR count). The number of carbonyl (C=O) groups excluding carboxylic acids is 4. The van der Waals surface area contributed by atoms with Crippen LogP contribution in [0.3, 0.4) is 0 Å². The Morgan fingerprint density at radius 3 is 2.52 bits per heavy atom. The van der Waals surface area contributed by atoms with Gasteiger partial charge in [-0.15, -0.1) is 0 Å². The number of rotatable bonds is 10. The molecule has 0 radical (unpaired) electrons. The quantitative estimate of drug-likeness (QED) is 0.186. The molecule has 1 fully saturated rings. The summed E-state index contributed by atoms with van der Waals surface area (Å²) in [6, 6.07) is 14.5. The van der Waals surface area contributed by atoms with E-state index < -0.39 is 35.2 Å². The zero-order valence-electron chi connectivity index (χ0n) is 30.7. The second-order valence-corrected chi connectivity index (χ2v) is 16.0. The number of hydrogen-bond donors (Lipinski definition) is 3. The lowest BCUT2D eigenvalue weighted by atomic mass is 9.92. The van der Waals surface area contributed by atoms with Crippen molar-refractivity contribution in [3.63, 3.8) is 0 Å². The highest BCUT2D eigenvalue weighted by Crippen LogP contribution is 2.42. The third kappa shape index (κ3) is 7.86. The molecule has 52 heavy (non-hydrogen) atoms. The third-order valence-corrected chi connectivity index (χ3v) is 10.3. The summed E-state index contributed by atoms with van der Waals surface area (Å²) in [5.74, 6) is -0.822. The molecule has 0 aliphatic carbocycles. The molecule has 11 nitrogen and oxygen atoms in total. The number of fused-ring (bicyclic) bond motifs is 2. The van der Waals surface area contributed by atoms with Crippen LogP contribution in [0.2, 0.25) is 0 Å². The van der Waals surface area contributed by atoms with E-state index >= 15 is 0 Å². The first-order valence-electron chi connectivity index (χ1n) is 17.7. The van der Waals surface area contributed by atoms with Gasteiger partial charge in [0, 0.05) is 62.2 Å². The molecule has 2 aromatic heterocycles. The van der Waals surface area contributed by atoms with Crippen LogP contribution >= 0.6 is 11.3 Å². The SMILES string of the molecule is C=C1C(NC(=O)[C@@H](Cc2cn(C)c3ccccc23)NC(=O)C(C)(C)NC(=O)OC(C)(C)C)Cc2cccc(N3CCCC3=O)c2N1Cc1ccsc1. The number of ether oxygens (including phenoxy) is 1. The van der Waals surface area contributed by atoms with Crippen LogP contribution in [0.15, 0.2) is 77.8 Å². The Labute approximate surface area is 309 Å². The molecule has 3 N–H and O–H groups in total. The van der Waals surface area contributed by atoms with Crippen LogP contribution in [0.25, 0.3) is 10.9 Å². The van der Waals surface area contributed by atoms with E-state index in [4.69, 9.17) is 4.74 Å². The number of thiophene rings is 1. The fourth-order valence-corrected chi connectivity index (χ4v) is 7.63. The number of para-hydroxylation sites is 2. The summed E-state index contributed by atoms with van der Waals surface area (Å²) in [6.45, 7) is 14.1. The molecule has 1 saturated heterocycles. The maximum Gasteiger partial charge on any atom is 0.408 e. The fourth-order valence-electron chi connectivity index (χ4n) is 6.97. The van der Waals surface area contributed by atoms with Gasteiger partial charge >= 0.3 is 6.09 Å². The van der Waals surface area contributed by atoms with Gasteiger partial charge in [-0.1, -0.05) is 36.9 Å². The number of hydrogen-bond acceptors (Lipinski definition) is 7. The number of nitrogens with zero attached hydrogens (tertiary/aromatic N) is 3. The highest BCUT2D eigenvalue weighted by atomic mass is 32.1. The van der Waals surface area contributed by atoms with Crippen LogP contribution in [-0.2, 0) is 45.6 Å². The Hall–Kier alpha value is -5.10. The van der Waals surface area contributed by atoms with E-state index in [-0.39, 0.29) is 18.2 Å². The third-order valence-electron chi connectivity index (χ3n) is 9.55. The number of benzene rings is 2. The average molecular weight is 725 g/mol. The standard InChI is InChI=1S/C40H48N6O5S/c1-25-30(20-27-12-10-15-33(45-18-11-16-34(45)47)35(27)46(25)22-26-17-19-52-24-26)41-36(48)31(21-28-23-44(7)32-14-9-8-13-29(28)32)42-37(49)40(5,6)43-38(50)51-39(2,3)4/h8-10,12-15,17,19,23-24,30-31H,1,11,16,18,20-22H2,2-7H3,(H,41,48)(H,42,49)(H,43,50)/t30?,31-/m1/s1. The smallest absolute Gasteiger partial charge is 0.408 e. The number of nitrogens with one attached hydrogen (secondary N) is 3. The molecular formula is C40H48N6O5S. The van der Waals surface area contributed by atoms with Crippen molar-refractivity contribution < 1.29 is 23.9 Å². The predicted octanol–water partition coefficient (Wildman–Crippen LogP) is 5.96. The van der Waals surface area contributed by atoms with Gasteiger partial charge in [-0.3, -0.25) is 14.4 Å². The highest BCUT2D eigenvalue weighted by Gasteiger charge is 2.38. The van der Waals surface area contributed by atoms with E-state index in [0.29, 0.717) is 31.6 Å². The zero-order valence-corrected chi connectivity index (χ0v) is 31.6. The summed E-state index contributed by atoms with van der Waals surface area (Å²) < 4.78 is 7.41. The van der Waals surface area contributed by atoms with Gasteiger partial charge in [0.15, 0.2) is 0 Å². The summed E-state index contributed by atoms with van der Waals surface area (Å²) in [5, 5.41) is 13.9. The van der Waals surface area contributed by atoms with Crippen LogP contribution in [0.4, 0.5) is 16.2 Å². The summed E-state index contributed by atoms with van der Waals surface area (Å²) in [5.41, 5.74) is 4.29. The molecule has 2 aromatic carbocycles.